The maximum absolute atomic E-state index is 9.97. The van der Waals surface area contributed by atoms with E-state index in [9.17, 15) is 10.2 Å². The third kappa shape index (κ3) is 3.80. The Kier molecular flexibility index (Phi) is 6.24. The third-order valence-corrected chi connectivity index (χ3v) is 3.62. The van der Waals surface area contributed by atoms with Crippen LogP contribution in [0.2, 0.25) is 0 Å². The number of hydrogen-bond donors (Lipinski definition) is 4. The van der Waals surface area contributed by atoms with Crippen LogP contribution in [0.1, 0.15) is 25.8 Å². The number of aliphatic hydroxyl groups excluding tert-OH is 3. The molecule has 9 nitrogen and oxygen atoms in total. The Hall–Kier alpha value is -1.10. The summed E-state index contributed by atoms with van der Waals surface area (Å²) in [5.74, 6) is 0. The van der Waals surface area contributed by atoms with Crippen LogP contribution in [0.4, 0.5) is 0 Å². The van der Waals surface area contributed by atoms with Crippen LogP contribution < -0.4 is 5.32 Å². The quantitative estimate of drug-likeness (QED) is 0.423. The molecule has 1 aromatic rings. The first kappa shape index (κ1) is 17.3. The van der Waals surface area contributed by atoms with Crippen molar-refractivity contribution >= 4 is 0 Å². The second-order valence-electron chi connectivity index (χ2n) is 5.15. The third-order valence-electron chi connectivity index (χ3n) is 3.62. The molecule has 2 rings (SSSR count). The van der Waals surface area contributed by atoms with Crippen molar-refractivity contribution in [1.82, 2.24) is 20.3 Å². The summed E-state index contributed by atoms with van der Waals surface area (Å²) in [6.07, 6.45) is -0.860. The maximum atomic E-state index is 9.97. The van der Waals surface area contributed by atoms with Crippen molar-refractivity contribution in [2.24, 2.45) is 0 Å². The summed E-state index contributed by atoms with van der Waals surface area (Å²) in [5.41, 5.74) is 0.551. The SMILES string of the molecule is CCOC(OCC)c1cn(C[C@H]2N[C@H](CO)[C@@H](O)[C@@H]2O)nn1. The first-order chi connectivity index (χ1) is 10.6. The van der Waals surface area contributed by atoms with E-state index in [1.54, 1.807) is 10.9 Å². The predicted octanol–water partition coefficient (Wildman–Crippen LogP) is -1.60. The van der Waals surface area contributed by atoms with Crippen molar-refractivity contribution in [3.8, 4) is 0 Å². The van der Waals surface area contributed by atoms with Crippen molar-refractivity contribution in [2.45, 2.75) is 51.0 Å². The topological polar surface area (TPSA) is 122 Å². The van der Waals surface area contributed by atoms with Crippen molar-refractivity contribution in [3.63, 3.8) is 0 Å². The summed E-state index contributed by atoms with van der Waals surface area (Å²) in [6, 6.07) is -0.957. The van der Waals surface area contributed by atoms with Gasteiger partial charge in [-0.3, -0.25) is 4.68 Å². The smallest absolute Gasteiger partial charge is 0.204 e. The predicted molar refractivity (Wildman–Crippen MR) is 75.8 cm³/mol. The van der Waals surface area contributed by atoms with E-state index in [0.29, 0.717) is 25.5 Å². The molecule has 1 aliphatic heterocycles. The molecular formula is C13H24N4O5. The van der Waals surface area contributed by atoms with Crippen LogP contribution in [0.25, 0.3) is 0 Å². The molecule has 0 radical (unpaired) electrons. The second-order valence-corrected chi connectivity index (χ2v) is 5.15. The van der Waals surface area contributed by atoms with Crippen LogP contribution >= 0.6 is 0 Å². The number of hydrogen-bond acceptors (Lipinski definition) is 8. The van der Waals surface area contributed by atoms with E-state index in [-0.39, 0.29) is 6.61 Å². The normalized spacial score (nSPS) is 28.6. The molecule has 0 bridgehead atoms. The van der Waals surface area contributed by atoms with Gasteiger partial charge >= 0.3 is 0 Å². The Morgan fingerprint density at radius 3 is 2.41 bits per heavy atom. The molecule has 9 heteroatoms. The Labute approximate surface area is 128 Å². The van der Waals surface area contributed by atoms with Crippen LogP contribution in [0, 0.1) is 0 Å². The molecule has 126 valence electrons. The standard InChI is InChI=1S/C13H24N4O5/c1-3-21-13(22-4-2)9-6-17(16-15-9)5-8-11(19)12(20)10(7-18)14-8/h6,8,10-14,18-20H,3-5,7H2,1-2H3/t8-,10-,11-,12-/m1/s1. The van der Waals surface area contributed by atoms with E-state index < -0.39 is 30.6 Å². The fourth-order valence-corrected chi connectivity index (χ4v) is 2.50. The summed E-state index contributed by atoms with van der Waals surface area (Å²) < 4.78 is 12.4. The molecule has 1 aromatic heterocycles. The van der Waals surface area contributed by atoms with E-state index >= 15 is 0 Å². The van der Waals surface area contributed by atoms with Gasteiger partial charge in [-0.05, 0) is 13.8 Å². The van der Waals surface area contributed by atoms with Gasteiger partial charge in [0, 0.05) is 13.2 Å². The van der Waals surface area contributed by atoms with Crippen LogP contribution in [0.3, 0.4) is 0 Å². The van der Waals surface area contributed by atoms with Crippen molar-refractivity contribution < 1.29 is 24.8 Å². The monoisotopic (exact) mass is 316 g/mol. The summed E-state index contributed by atoms with van der Waals surface area (Å²) in [4.78, 5) is 0. The van der Waals surface area contributed by atoms with Crippen molar-refractivity contribution in [1.29, 1.82) is 0 Å². The van der Waals surface area contributed by atoms with E-state index in [0.717, 1.165) is 0 Å². The van der Waals surface area contributed by atoms with Gasteiger partial charge < -0.3 is 30.1 Å². The Balaban J connectivity index is 1.99. The largest absolute Gasteiger partial charge is 0.395 e. The molecule has 0 aliphatic carbocycles. The molecule has 1 saturated heterocycles. The zero-order chi connectivity index (χ0) is 16.1. The van der Waals surface area contributed by atoms with Crippen molar-refractivity contribution in [2.75, 3.05) is 19.8 Å². The highest BCUT2D eigenvalue weighted by molar-refractivity contribution is 5.00. The Morgan fingerprint density at radius 1 is 1.23 bits per heavy atom. The number of nitrogens with zero attached hydrogens (tertiary/aromatic N) is 3. The van der Waals surface area contributed by atoms with Gasteiger partial charge in [0.25, 0.3) is 0 Å². The molecule has 1 fully saturated rings. The van der Waals surface area contributed by atoms with Gasteiger partial charge in [0.2, 0.25) is 6.29 Å². The summed E-state index contributed by atoms with van der Waals surface area (Å²) in [5, 5.41) is 39.9. The van der Waals surface area contributed by atoms with Gasteiger partial charge in [0.05, 0.1) is 43.6 Å². The molecule has 0 spiro atoms. The van der Waals surface area contributed by atoms with E-state index in [2.05, 4.69) is 15.6 Å². The molecule has 0 unspecified atom stereocenters. The lowest BCUT2D eigenvalue weighted by Gasteiger charge is -2.15. The molecule has 4 N–H and O–H groups in total. The Bertz CT molecular complexity index is 451. The van der Waals surface area contributed by atoms with Gasteiger partial charge in [-0.1, -0.05) is 5.21 Å². The number of nitrogens with one attached hydrogen (secondary N) is 1. The van der Waals surface area contributed by atoms with Crippen molar-refractivity contribution in [3.05, 3.63) is 11.9 Å². The fourth-order valence-electron chi connectivity index (χ4n) is 2.50. The van der Waals surface area contributed by atoms with Crippen LogP contribution in [-0.2, 0) is 16.0 Å². The minimum atomic E-state index is -1.00. The highest BCUT2D eigenvalue weighted by atomic mass is 16.7. The zero-order valence-corrected chi connectivity index (χ0v) is 12.8. The number of ether oxygens (including phenoxy) is 2. The summed E-state index contributed by atoms with van der Waals surface area (Å²) in [7, 11) is 0. The highest BCUT2D eigenvalue weighted by Crippen LogP contribution is 2.18. The van der Waals surface area contributed by atoms with E-state index in [1.165, 1.54) is 0 Å². The minimum absolute atomic E-state index is 0.242. The molecule has 2 heterocycles. The average Bonchev–Trinajstić information content (AvgIpc) is 3.07. The van der Waals surface area contributed by atoms with Gasteiger partial charge in [0.15, 0.2) is 0 Å². The minimum Gasteiger partial charge on any atom is -0.395 e. The number of rotatable bonds is 8. The van der Waals surface area contributed by atoms with E-state index in [1.807, 2.05) is 13.8 Å². The maximum Gasteiger partial charge on any atom is 0.204 e. The van der Waals surface area contributed by atoms with Crippen LogP contribution in [0.15, 0.2) is 6.20 Å². The van der Waals surface area contributed by atoms with Gasteiger partial charge in [0.1, 0.15) is 5.69 Å². The lowest BCUT2D eigenvalue weighted by atomic mass is 10.1. The molecule has 1 aliphatic rings. The second kappa shape index (κ2) is 7.95. The first-order valence-corrected chi connectivity index (χ1v) is 7.46. The molecule has 22 heavy (non-hydrogen) atoms. The fraction of sp³-hybridized carbons (Fsp3) is 0.846. The van der Waals surface area contributed by atoms with Gasteiger partial charge in [-0.25, -0.2) is 0 Å². The van der Waals surface area contributed by atoms with Gasteiger partial charge in [-0.15, -0.1) is 5.10 Å². The lowest BCUT2D eigenvalue weighted by molar-refractivity contribution is -0.142. The van der Waals surface area contributed by atoms with E-state index in [4.69, 9.17) is 14.6 Å². The summed E-state index contributed by atoms with van der Waals surface area (Å²) in [6.45, 7) is 4.79. The lowest BCUT2D eigenvalue weighted by Crippen LogP contribution is -2.38. The average molecular weight is 316 g/mol. The van der Waals surface area contributed by atoms with Crippen LogP contribution in [0.5, 0.6) is 0 Å². The Morgan fingerprint density at radius 2 is 1.86 bits per heavy atom. The molecule has 4 atom stereocenters. The van der Waals surface area contributed by atoms with Crippen LogP contribution in [-0.4, -0.2) is 74.4 Å². The molecule has 0 amide bonds. The molecule has 0 saturated carbocycles. The first-order valence-electron chi connectivity index (χ1n) is 7.46. The summed E-state index contributed by atoms with van der Waals surface area (Å²) >= 11 is 0. The molecule has 0 aromatic carbocycles. The number of aliphatic hydroxyl groups is 3. The zero-order valence-electron chi connectivity index (χ0n) is 12.8. The molecular weight excluding hydrogens is 292 g/mol. The van der Waals surface area contributed by atoms with Gasteiger partial charge in [-0.2, -0.15) is 0 Å². The highest BCUT2D eigenvalue weighted by Gasteiger charge is 2.40. The number of aromatic nitrogens is 3.